The summed E-state index contributed by atoms with van der Waals surface area (Å²) in [5.41, 5.74) is 4.77. The number of nitrogens with zero attached hydrogens (tertiary/aromatic N) is 4. The lowest BCUT2D eigenvalue weighted by molar-refractivity contribution is 0.204. The van der Waals surface area contributed by atoms with Gasteiger partial charge in [-0.05, 0) is 26.8 Å². The molecule has 1 atom stereocenters. The lowest BCUT2D eigenvalue weighted by Gasteiger charge is -2.20. The predicted octanol–water partition coefficient (Wildman–Crippen LogP) is 2.36. The Morgan fingerprint density at radius 3 is 2.86 bits per heavy atom. The quantitative estimate of drug-likeness (QED) is 0.922. The molecule has 1 unspecified atom stereocenters. The van der Waals surface area contributed by atoms with E-state index < -0.39 is 0 Å². The zero-order valence-corrected chi connectivity index (χ0v) is 13.6. The number of carbonyl (C=O) groups is 1. The molecular formula is C14H21N5OS. The van der Waals surface area contributed by atoms with Crippen molar-refractivity contribution in [1.29, 1.82) is 0 Å². The molecule has 7 heteroatoms. The molecule has 1 N–H and O–H groups in total. The molecule has 2 amide bonds. The van der Waals surface area contributed by atoms with Gasteiger partial charge < -0.3 is 10.2 Å². The van der Waals surface area contributed by atoms with Crippen molar-refractivity contribution in [2.45, 2.75) is 33.4 Å². The fraction of sp³-hybridized carbons (Fsp3) is 0.500. The van der Waals surface area contributed by atoms with E-state index >= 15 is 0 Å². The van der Waals surface area contributed by atoms with Gasteiger partial charge in [-0.1, -0.05) is 0 Å². The van der Waals surface area contributed by atoms with Crippen LogP contribution < -0.4 is 5.32 Å². The Labute approximate surface area is 128 Å². The van der Waals surface area contributed by atoms with Crippen molar-refractivity contribution in [2.24, 2.45) is 0 Å². The molecule has 114 valence electrons. The first-order valence-corrected chi connectivity index (χ1v) is 7.80. The number of rotatable bonds is 5. The summed E-state index contributed by atoms with van der Waals surface area (Å²) in [6.07, 6.45) is 0. The van der Waals surface area contributed by atoms with E-state index in [2.05, 4.69) is 15.4 Å². The minimum Gasteiger partial charge on any atom is -0.336 e. The molecule has 2 aromatic heterocycles. The molecule has 0 radical (unpaired) electrons. The van der Waals surface area contributed by atoms with E-state index in [1.807, 2.05) is 36.9 Å². The van der Waals surface area contributed by atoms with Crippen LogP contribution in [0.15, 0.2) is 17.0 Å². The average Bonchev–Trinajstić information content (AvgIpc) is 3.05. The Morgan fingerprint density at radius 2 is 2.29 bits per heavy atom. The highest BCUT2D eigenvalue weighted by molar-refractivity contribution is 7.07. The van der Waals surface area contributed by atoms with Gasteiger partial charge in [0.05, 0.1) is 29.5 Å². The number of amides is 2. The van der Waals surface area contributed by atoms with Crippen molar-refractivity contribution in [3.05, 3.63) is 34.0 Å². The van der Waals surface area contributed by atoms with Gasteiger partial charge in [-0.15, -0.1) is 11.3 Å². The van der Waals surface area contributed by atoms with Crippen molar-refractivity contribution in [1.82, 2.24) is 25.0 Å². The molecule has 2 heterocycles. The maximum atomic E-state index is 12.1. The maximum Gasteiger partial charge on any atom is 0.317 e. The van der Waals surface area contributed by atoms with Gasteiger partial charge in [-0.25, -0.2) is 9.78 Å². The van der Waals surface area contributed by atoms with Gasteiger partial charge >= 0.3 is 6.03 Å². The van der Waals surface area contributed by atoms with E-state index in [4.69, 9.17) is 0 Å². The summed E-state index contributed by atoms with van der Waals surface area (Å²) in [6, 6.07) is 2.05. The molecule has 21 heavy (non-hydrogen) atoms. The topological polar surface area (TPSA) is 63.1 Å². The molecule has 0 bridgehead atoms. The number of aryl methyl sites for hydroxylation is 2. The minimum atomic E-state index is -0.101. The molecule has 2 aromatic rings. The second kappa shape index (κ2) is 6.71. The van der Waals surface area contributed by atoms with Crippen molar-refractivity contribution in [3.63, 3.8) is 0 Å². The largest absolute Gasteiger partial charge is 0.336 e. The van der Waals surface area contributed by atoms with Crippen LogP contribution in [0.25, 0.3) is 0 Å². The highest BCUT2D eigenvalue weighted by Gasteiger charge is 2.13. The fourth-order valence-corrected chi connectivity index (χ4v) is 2.73. The lowest BCUT2D eigenvalue weighted by Crippen LogP contribution is -2.39. The molecule has 0 aromatic carbocycles. The van der Waals surface area contributed by atoms with Crippen LogP contribution in [0.5, 0.6) is 0 Å². The fourth-order valence-electron chi connectivity index (χ4n) is 2.18. The standard InChI is InChI=1S/C14H21N5OS/c1-10-5-11(2)19(17-10)12(3)6-15-14(20)18(4)7-13-8-21-9-16-13/h5,8-9,12H,6-7H2,1-4H3,(H,15,20). The van der Waals surface area contributed by atoms with E-state index in [1.165, 1.54) is 11.3 Å². The van der Waals surface area contributed by atoms with Crippen LogP contribution in [0.3, 0.4) is 0 Å². The number of hydrogen-bond acceptors (Lipinski definition) is 4. The smallest absolute Gasteiger partial charge is 0.317 e. The number of aromatic nitrogens is 3. The van der Waals surface area contributed by atoms with Crippen LogP contribution in [-0.4, -0.2) is 39.3 Å². The summed E-state index contributed by atoms with van der Waals surface area (Å²) in [7, 11) is 1.77. The zero-order chi connectivity index (χ0) is 15.4. The van der Waals surface area contributed by atoms with E-state index in [0.29, 0.717) is 13.1 Å². The SMILES string of the molecule is Cc1cc(C)n(C(C)CNC(=O)N(C)Cc2cscn2)n1. The van der Waals surface area contributed by atoms with Gasteiger partial charge in [0.15, 0.2) is 0 Å². The summed E-state index contributed by atoms with van der Waals surface area (Å²) in [6.45, 7) is 7.09. The second-order valence-corrected chi connectivity index (χ2v) is 5.96. The van der Waals surface area contributed by atoms with Gasteiger partial charge in [-0.2, -0.15) is 5.10 Å². The third-order valence-electron chi connectivity index (χ3n) is 3.24. The van der Waals surface area contributed by atoms with Gasteiger partial charge in [0.2, 0.25) is 0 Å². The normalized spacial score (nSPS) is 12.2. The highest BCUT2D eigenvalue weighted by Crippen LogP contribution is 2.10. The van der Waals surface area contributed by atoms with Crippen LogP contribution in [0, 0.1) is 13.8 Å². The minimum absolute atomic E-state index is 0.101. The van der Waals surface area contributed by atoms with Crippen molar-refractivity contribution < 1.29 is 4.79 Å². The first kappa shape index (κ1) is 15.5. The molecule has 2 rings (SSSR count). The van der Waals surface area contributed by atoms with Crippen LogP contribution in [0.2, 0.25) is 0 Å². The van der Waals surface area contributed by atoms with Crippen LogP contribution in [0.4, 0.5) is 4.79 Å². The predicted molar refractivity (Wildman–Crippen MR) is 83.4 cm³/mol. The Kier molecular flexibility index (Phi) is 4.95. The molecule has 0 saturated heterocycles. The lowest BCUT2D eigenvalue weighted by atomic mass is 10.3. The molecule has 0 aliphatic carbocycles. The van der Waals surface area contributed by atoms with Crippen LogP contribution in [-0.2, 0) is 6.54 Å². The van der Waals surface area contributed by atoms with Gasteiger partial charge in [0.1, 0.15) is 0 Å². The first-order valence-electron chi connectivity index (χ1n) is 6.86. The van der Waals surface area contributed by atoms with Crippen molar-refractivity contribution in [3.8, 4) is 0 Å². The van der Waals surface area contributed by atoms with Gasteiger partial charge in [0.25, 0.3) is 0 Å². The third kappa shape index (κ3) is 4.04. The Hall–Kier alpha value is -1.89. The van der Waals surface area contributed by atoms with Crippen LogP contribution >= 0.6 is 11.3 Å². The number of nitrogens with one attached hydrogen (secondary N) is 1. The summed E-state index contributed by atoms with van der Waals surface area (Å²) in [5, 5.41) is 9.31. The number of urea groups is 1. The summed E-state index contributed by atoms with van der Waals surface area (Å²) >= 11 is 1.53. The van der Waals surface area contributed by atoms with E-state index in [1.54, 1.807) is 17.5 Å². The number of thiazole rings is 1. The first-order chi connectivity index (χ1) is 9.97. The Balaban J connectivity index is 1.84. The van der Waals surface area contributed by atoms with E-state index in [9.17, 15) is 4.79 Å². The molecular weight excluding hydrogens is 286 g/mol. The molecule has 0 spiro atoms. The number of carbonyl (C=O) groups excluding carboxylic acids is 1. The summed E-state index contributed by atoms with van der Waals surface area (Å²) < 4.78 is 1.94. The molecule has 0 fully saturated rings. The molecule has 0 aliphatic rings. The molecule has 0 aliphatic heterocycles. The van der Waals surface area contributed by atoms with E-state index in [-0.39, 0.29) is 12.1 Å². The van der Waals surface area contributed by atoms with Crippen molar-refractivity contribution in [2.75, 3.05) is 13.6 Å². The van der Waals surface area contributed by atoms with Gasteiger partial charge in [0, 0.05) is 24.7 Å². The Morgan fingerprint density at radius 1 is 1.52 bits per heavy atom. The van der Waals surface area contributed by atoms with Gasteiger partial charge in [-0.3, -0.25) is 4.68 Å². The molecule has 0 saturated carbocycles. The summed E-state index contributed by atoms with van der Waals surface area (Å²) in [4.78, 5) is 17.9. The van der Waals surface area contributed by atoms with Crippen molar-refractivity contribution >= 4 is 17.4 Å². The molecule has 6 nitrogen and oxygen atoms in total. The van der Waals surface area contributed by atoms with Crippen LogP contribution in [0.1, 0.15) is 30.0 Å². The zero-order valence-electron chi connectivity index (χ0n) is 12.8. The second-order valence-electron chi connectivity index (χ2n) is 5.24. The summed E-state index contributed by atoms with van der Waals surface area (Å²) in [5.74, 6) is 0. The third-order valence-corrected chi connectivity index (χ3v) is 3.88. The Bertz CT molecular complexity index is 593. The maximum absolute atomic E-state index is 12.1. The highest BCUT2D eigenvalue weighted by atomic mass is 32.1. The van der Waals surface area contributed by atoms with E-state index in [0.717, 1.165) is 17.1 Å². The average molecular weight is 307 g/mol. The monoisotopic (exact) mass is 307 g/mol. The number of hydrogen-bond donors (Lipinski definition) is 1.